The Kier molecular flexibility index (Phi) is 5.60. The smallest absolute Gasteiger partial charge is 0.188 e. The monoisotopic (exact) mass is 216 g/mol. The van der Waals surface area contributed by atoms with Crippen molar-refractivity contribution in [3.05, 3.63) is 0 Å². The van der Waals surface area contributed by atoms with Crippen molar-refractivity contribution in [1.29, 1.82) is 5.41 Å². The Labute approximate surface area is 91.9 Å². The van der Waals surface area contributed by atoms with Crippen molar-refractivity contribution in [2.24, 2.45) is 16.9 Å². The van der Waals surface area contributed by atoms with Gasteiger partial charge < -0.3 is 21.5 Å². The molecule has 0 fully saturated rings. The van der Waals surface area contributed by atoms with Gasteiger partial charge in [0.25, 0.3) is 0 Å². The van der Waals surface area contributed by atoms with E-state index in [1.807, 2.05) is 0 Å². The third-order valence-corrected chi connectivity index (χ3v) is 2.16. The highest BCUT2D eigenvalue weighted by Crippen LogP contribution is 2.18. The first-order chi connectivity index (χ1) is 6.76. The Bertz CT molecular complexity index is 200. The molecule has 0 aliphatic rings. The van der Waals surface area contributed by atoms with Crippen molar-refractivity contribution in [3.63, 3.8) is 0 Å². The minimum atomic E-state index is -0.339. The lowest BCUT2D eigenvalue weighted by Gasteiger charge is -2.28. The normalized spacial score (nSPS) is 13.7. The number of nitrogens with zero attached hydrogens (tertiary/aromatic N) is 1. The molecule has 0 heterocycles. The van der Waals surface area contributed by atoms with Crippen LogP contribution >= 0.6 is 0 Å². The van der Waals surface area contributed by atoms with Gasteiger partial charge in [-0.3, -0.25) is 5.41 Å². The molecule has 90 valence electrons. The Hall–Kier alpha value is -0.810. The zero-order valence-corrected chi connectivity index (χ0v) is 9.95. The molecule has 0 aliphatic carbocycles. The molecular formula is C10H24N4O. The zero-order valence-electron chi connectivity index (χ0n) is 9.95. The van der Waals surface area contributed by atoms with E-state index in [0.29, 0.717) is 13.1 Å². The number of aliphatic hydroxyl groups is 1. The van der Waals surface area contributed by atoms with E-state index in [4.69, 9.17) is 22.0 Å². The van der Waals surface area contributed by atoms with E-state index < -0.39 is 0 Å². The number of hydrogen-bond acceptors (Lipinski definition) is 3. The van der Waals surface area contributed by atoms with Crippen LogP contribution in [-0.2, 0) is 0 Å². The zero-order chi connectivity index (χ0) is 12.1. The summed E-state index contributed by atoms with van der Waals surface area (Å²) in [5, 5.41) is 16.2. The summed E-state index contributed by atoms with van der Waals surface area (Å²) in [5.74, 6) is 0.0168. The molecule has 0 bridgehead atoms. The summed E-state index contributed by atoms with van der Waals surface area (Å²) in [6, 6.07) is -0.339. The second-order valence-corrected chi connectivity index (χ2v) is 5.08. The average Bonchev–Trinajstić information content (AvgIpc) is 2.09. The van der Waals surface area contributed by atoms with Crippen LogP contribution in [0.5, 0.6) is 0 Å². The van der Waals surface area contributed by atoms with Crippen LogP contribution < -0.4 is 11.5 Å². The second-order valence-electron chi connectivity index (χ2n) is 5.08. The number of aliphatic hydroxyl groups excluding tert-OH is 1. The first kappa shape index (κ1) is 14.2. The maximum Gasteiger partial charge on any atom is 0.188 e. The SMILES string of the molecule is CC(C)(C)CCN(C[C@@H](N)CO)C(=N)N. The lowest BCUT2D eigenvalue weighted by Crippen LogP contribution is -2.46. The first-order valence-corrected chi connectivity index (χ1v) is 5.21. The molecule has 0 saturated heterocycles. The fraction of sp³-hybridized carbons (Fsp3) is 0.900. The summed E-state index contributed by atoms with van der Waals surface area (Å²) >= 11 is 0. The molecule has 0 aliphatic heterocycles. The number of guanidine groups is 1. The molecule has 0 saturated carbocycles. The van der Waals surface area contributed by atoms with Crippen LogP contribution in [0.4, 0.5) is 0 Å². The van der Waals surface area contributed by atoms with E-state index in [1.165, 1.54) is 0 Å². The Morgan fingerprint density at radius 1 is 1.47 bits per heavy atom. The van der Waals surface area contributed by atoms with Gasteiger partial charge in [-0.2, -0.15) is 0 Å². The van der Waals surface area contributed by atoms with Crippen molar-refractivity contribution in [1.82, 2.24) is 4.90 Å². The van der Waals surface area contributed by atoms with Gasteiger partial charge in [0.15, 0.2) is 5.96 Å². The second kappa shape index (κ2) is 5.92. The van der Waals surface area contributed by atoms with Crippen LogP contribution in [0.3, 0.4) is 0 Å². The van der Waals surface area contributed by atoms with E-state index in [2.05, 4.69) is 20.8 Å². The fourth-order valence-corrected chi connectivity index (χ4v) is 1.12. The largest absolute Gasteiger partial charge is 0.395 e. The van der Waals surface area contributed by atoms with Gasteiger partial charge in [0, 0.05) is 19.1 Å². The van der Waals surface area contributed by atoms with E-state index >= 15 is 0 Å². The van der Waals surface area contributed by atoms with Crippen LogP contribution in [0.25, 0.3) is 0 Å². The predicted octanol–water partition coefficient (Wildman–Crippen LogP) is -0.0623. The van der Waals surface area contributed by atoms with Crippen molar-refractivity contribution < 1.29 is 5.11 Å². The van der Waals surface area contributed by atoms with Crippen molar-refractivity contribution in [2.45, 2.75) is 33.2 Å². The molecule has 0 amide bonds. The van der Waals surface area contributed by atoms with E-state index in [0.717, 1.165) is 6.42 Å². The molecule has 5 heteroatoms. The van der Waals surface area contributed by atoms with Crippen molar-refractivity contribution in [2.75, 3.05) is 19.7 Å². The van der Waals surface area contributed by atoms with Gasteiger partial charge in [0.05, 0.1) is 6.61 Å². The maximum atomic E-state index is 8.83. The fourth-order valence-electron chi connectivity index (χ4n) is 1.12. The molecule has 0 aromatic heterocycles. The minimum absolute atomic E-state index is 0.0168. The summed E-state index contributed by atoms with van der Waals surface area (Å²) in [6.07, 6.45) is 0.935. The minimum Gasteiger partial charge on any atom is -0.395 e. The topological polar surface area (TPSA) is 99.4 Å². The quantitative estimate of drug-likeness (QED) is 0.382. The molecule has 0 aromatic rings. The lowest BCUT2D eigenvalue weighted by atomic mass is 9.92. The van der Waals surface area contributed by atoms with Gasteiger partial charge in [-0.1, -0.05) is 20.8 Å². The molecule has 6 N–H and O–H groups in total. The number of nitrogens with two attached hydrogens (primary N) is 2. The van der Waals surface area contributed by atoms with E-state index in [1.54, 1.807) is 4.90 Å². The summed E-state index contributed by atoms with van der Waals surface area (Å²) < 4.78 is 0. The van der Waals surface area contributed by atoms with Gasteiger partial charge >= 0.3 is 0 Å². The third-order valence-electron chi connectivity index (χ3n) is 2.16. The average molecular weight is 216 g/mol. The summed E-state index contributed by atoms with van der Waals surface area (Å²) in [6.45, 7) is 7.46. The van der Waals surface area contributed by atoms with Crippen LogP contribution in [0, 0.1) is 10.8 Å². The molecule has 0 unspecified atom stereocenters. The first-order valence-electron chi connectivity index (χ1n) is 5.21. The Morgan fingerprint density at radius 3 is 2.33 bits per heavy atom. The van der Waals surface area contributed by atoms with Crippen LogP contribution in [0.15, 0.2) is 0 Å². The summed E-state index contributed by atoms with van der Waals surface area (Å²) in [7, 11) is 0. The van der Waals surface area contributed by atoms with Gasteiger partial charge in [0.2, 0.25) is 0 Å². The van der Waals surface area contributed by atoms with Gasteiger partial charge in [-0.15, -0.1) is 0 Å². The summed E-state index contributed by atoms with van der Waals surface area (Å²) in [4.78, 5) is 1.70. The standard InChI is InChI=1S/C10H24N4O/c1-10(2,3)4-5-14(9(12)13)6-8(11)7-15/h8,15H,4-7,11H2,1-3H3,(H3,12,13)/t8-/m1/s1. The van der Waals surface area contributed by atoms with Gasteiger partial charge in [0.1, 0.15) is 0 Å². The van der Waals surface area contributed by atoms with Crippen LogP contribution in [0.1, 0.15) is 27.2 Å². The molecule has 15 heavy (non-hydrogen) atoms. The maximum absolute atomic E-state index is 8.83. The summed E-state index contributed by atoms with van der Waals surface area (Å²) in [5.41, 5.74) is 11.3. The Morgan fingerprint density at radius 2 is 2.00 bits per heavy atom. The van der Waals surface area contributed by atoms with Crippen LogP contribution in [0.2, 0.25) is 0 Å². The molecule has 1 atom stereocenters. The lowest BCUT2D eigenvalue weighted by molar-refractivity contribution is 0.228. The highest BCUT2D eigenvalue weighted by molar-refractivity contribution is 5.74. The number of hydrogen-bond donors (Lipinski definition) is 4. The van der Waals surface area contributed by atoms with Crippen LogP contribution in [-0.4, -0.2) is 41.7 Å². The highest BCUT2D eigenvalue weighted by Gasteiger charge is 2.16. The predicted molar refractivity (Wildman–Crippen MR) is 62.6 cm³/mol. The molecular weight excluding hydrogens is 192 g/mol. The van der Waals surface area contributed by atoms with E-state index in [-0.39, 0.29) is 24.0 Å². The molecule has 5 nitrogen and oxygen atoms in total. The third kappa shape index (κ3) is 7.16. The van der Waals surface area contributed by atoms with Crippen molar-refractivity contribution in [3.8, 4) is 0 Å². The molecule has 0 rings (SSSR count). The molecule has 0 aromatic carbocycles. The molecule has 0 radical (unpaired) electrons. The highest BCUT2D eigenvalue weighted by atomic mass is 16.3. The van der Waals surface area contributed by atoms with Gasteiger partial charge in [-0.05, 0) is 11.8 Å². The van der Waals surface area contributed by atoms with E-state index in [9.17, 15) is 0 Å². The van der Waals surface area contributed by atoms with Gasteiger partial charge in [-0.25, -0.2) is 0 Å². The molecule has 0 spiro atoms. The number of nitrogens with one attached hydrogen (secondary N) is 1. The Balaban J connectivity index is 4.12. The number of rotatable bonds is 5. The van der Waals surface area contributed by atoms with Crippen molar-refractivity contribution >= 4 is 5.96 Å².